The molecule has 128 valence electrons. The van der Waals surface area contributed by atoms with E-state index in [-0.39, 0.29) is 12.5 Å². The number of hydrogen-bond donors (Lipinski definition) is 1. The Morgan fingerprint density at radius 2 is 2.12 bits per heavy atom. The fourth-order valence-electron chi connectivity index (χ4n) is 2.24. The molecule has 0 unspecified atom stereocenters. The van der Waals surface area contributed by atoms with Gasteiger partial charge in [-0.2, -0.15) is 5.26 Å². The van der Waals surface area contributed by atoms with Gasteiger partial charge in [0.05, 0.1) is 6.07 Å². The third-order valence-electron chi connectivity index (χ3n) is 3.88. The number of carbonyl (C=O) groups excluding carboxylic acids is 2. The molecule has 2 rings (SSSR count). The third-order valence-corrected chi connectivity index (χ3v) is 4.30. The fraction of sp³-hybridized carbons (Fsp3) is 0.471. The SMILES string of the molecule is Cc1cc(OCC(=O)OCC(=O)N[C@](C)(C#N)C2CC2)ccc1Cl. The van der Waals surface area contributed by atoms with E-state index >= 15 is 0 Å². The molecule has 1 aromatic carbocycles. The van der Waals surface area contributed by atoms with Gasteiger partial charge in [-0.25, -0.2) is 4.79 Å². The molecule has 0 spiro atoms. The molecule has 1 fully saturated rings. The number of esters is 1. The van der Waals surface area contributed by atoms with E-state index in [1.54, 1.807) is 25.1 Å². The summed E-state index contributed by atoms with van der Waals surface area (Å²) in [5.74, 6) is -0.507. The van der Waals surface area contributed by atoms with E-state index in [0.717, 1.165) is 18.4 Å². The summed E-state index contributed by atoms with van der Waals surface area (Å²) in [6, 6.07) is 7.13. The highest BCUT2D eigenvalue weighted by atomic mass is 35.5. The number of rotatable bonds is 7. The minimum Gasteiger partial charge on any atom is -0.482 e. The topological polar surface area (TPSA) is 88.4 Å². The van der Waals surface area contributed by atoms with Gasteiger partial charge in [-0.3, -0.25) is 4.79 Å². The average molecular weight is 351 g/mol. The lowest BCUT2D eigenvalue weighted by Gasteiger charge is -2.22. The number of benzene rings is 1. The van der Waals surface area contributed by atoms with Crippen LogP contribution in [0.5, 0.6) is 5.75 Å². The summed E-state index contributed by atoms with van der Waals surface area (Å²) in [5.41, 5.74) is -0.0707. The lowest BCUT2D eigenvalue weighted by atomic mass is 9.98. The molecule has 0 aromatic heterocycles. The van der Waals surface area contributed by atoms with E-state index in [1.165, 1.54) is 0 Å². The van der Waals surface area contributed by atoms with Crippen molar-refractivity contribution in [2.75, 3.05) is 13.2 Å². The molecule has 1 aliphatic rings. The largest absolute Gasteiger partial charge is 0.482 e. The van der Waals surface area contributed by atoms with E-state index < -0.39 is 24.0 Å². The first-order valence-corrected chi connectivity index (χ1v) is 7.98. The maximum absolute atomic E-state index is 11.8. The number of aryl methyl sites for hydroxylation is 1. The van der Waals surface area contributed by atoms with Gasteiger partial charge in [0.2, 0.25) is 0 Å². The quantitative estimate of drug-likeness (QED) is 0.763. The minimum absolute atomic E-state index is 0.165. The first kappa shape index (κ1) is 18.1. The molecule has 0 saturated heterocycles. The van der Waals surface area contributed by atoms with Crippen molar-refractivity contribution in [2.24, 2.45) is 5.92 Å². The molecule has 24 heavy (non-hydrogen) atoms. The van der Waals surface area contributed by atoms with Gasteiger partial charge in [-0.15, -0.1) is 0 Å². The molecule has 1 aromatic rings. The Morgan fingerprint density at radius 1 is 1.42 bits per heavy atom. The van der Waals surface area contributed by atoms with Crippen LogP contribution in [0.4, 0.5) is 0 Å². The monoisotopic (exact) mass is 350 g/mol. The molecular formula is C17H19ClN2O4. The van der Waals surface area contributed by atoms with Crippen LogP contribution in [0.1, 0.15) is 25.3 Å². The highest BCUT2D eigenvalue weighted by molar-refractivity contribution is 6.31. The predicted octanol–water partition coefficient (Wildman–Crippen LogP) is 2.38. The van der Waals surface area contributed by atoms with Crippen molar-refractivity contribution in [3.63, 3.8) is 0 Å². The zero-order valence-corrected chi connectivity index (χ0v) is 14.4. The van der Waals surface area contributed by atoms with Crippen LogP contribution in [0, 0.1) is 24.2 Å². The normalized spacial score (nSPS) is 15.8. The van der Waals surface area contributed by atoms with Gasteiger partial charge in [0.25, 0.3) is 5.91 Å². The molecule has 1 aliphatic carbocycles. The Kier molecular flexibility index (Phi) is 5.68. The number of hydrogen-bond acceptors (Lipinski definition) is 5. The zero-order chi connectivity index (χ0) is 17.7. The van der Waals surface area contributed by atoms with Crippen LogP contribution < -0.4 is 10.1 Å². The van der Waals surface area contributed by atoms with Crippen molar-refractivity contribution < 1.29 is 19.1 Å². The number of carbonyl (C=O) groups is 2. The summed E-state index contributed by atoms with van der Waals surface area (Å²) in [7, 11) is 0. The third kappa shape index (κ3) is 4.87. The van der Waals surface area contributed by atoms with Crippen LogP contribution in [0.15, 0.2) is 18.2 Å². The molecule has 1 amide bonds. The summed E-state index contributed by atoms with van der Waals surface area (Å²) >= 11 is 5.90. The lowest BCUT2D eigenvalue weighted by molar-refractivity contribution is -0.150. The van der Waals surface area contributed by atoms with Crippen molar-refractivity contribution in [1.29, 1.82) is 5.26 Å². The van der Waals surface area contributed by atoms with Crippen molar-refractivity contribution in [3.05, 3.63) is 28.8 Å². The molecule has 0 aliphatic heterocycles. The predicted molar refractivity (Wildman–Crippen MR) is 87.5 cm³/mol. The number of amides is 1. The summed E-state index contributed by atoms with van der Waals surface area (Å²) in [4.78, 5) is 23.5. The van der Waals surface area contributed by atoms with Gasteiger partial charge >= 0.3 is 5.97 Å². The van der Waals surface area contributed by atoms with E-state index in [2.05, 4.69) is 11.4 Å². The summed E-state index contributed by atoms with van der Waals surface area (Å²) in [6.07, 6.45) is 1.83. The second-order valence-electron chi connectivity index (χ2n) is 6.00. The Labute approximate surface area is 145 Å². The van der Waals surface area contributed by atoms with Crippen LogP contribution in [0.2, 0.25) is 5.02 Å². The number of nitriles is 1. The Balaban J connectivity index is 1.73. The second kappa shape index (κ2) is 7.54. The molecule has 7 heteroatoms. The second-order valence-corrected chi connectivity index (χ2v) is 6.40. The van der Waals surface area contributed by atoms with Crippen LogP contribution in [-0.2, 0) is 14.3 Å². The lowest BCUT2D eigenvalue weighted by Crippen LogP contribution is -2.48. The smallest absolute Gasteiger partial charge is 0.344 e. The van der Waals surface area contributed by atoms with Crippen molar-refractivity contribution in [2.45, 2.75) is 32.2 Å². The number of nitrogens with zero attached hydrogens (tertiary/aromatic N) is 1. The average Bonchev–Trinajstić information content (AvgIpc) is 3.39. The number of nitrogens with one attached hydrogen (secondary N) is 1. The highest BCUT2D eigenvalue weighted by Gasteiger charge is 2.43. The molecule has 6 nitrogen and oxygen atoms in total. The van der Waals surface area contributed by atoms with Crippen molar-refractivity contribution in [3.8, 4) is 11.8 Å². The van der Waals surface area contributed by atoms with Crippen molar-refractivity contribution >= 4 is 23.5 Å². The van der Waals surface area contributed by atoms with E-state index in [1.807, 2.05) is 6.92 Å². The Morgan fingerprint density at radius 3 is 2.71 bits per heavy atom. The maximum atomic E-state index is 11.8. The van der Waals surface area contributed by atoms with Crippen molar-refractivity contribution in [1.82, 2.24) is 5.32 Å². The summed E-state index contributed by atoms with van der Waals surface area (Å²) in [6.45, 7) is 2.75. The van der Waals surface area contributed by atoms with E-state index in [9.17, 15) is 14.9 Å². The first-order valence-electron chi connectivity index (χ1n) is 7.61. The first-order chi connectivity index (χ1) is 11.3. The molecule has 1 N–H and O–H groups in total. The maximum Gasteiger partial charge on any atom is 0.344 e. The van der Waals surface area contributed by atoms with Gasteiger partial charge in [0, 0.05) is 5.02 Å². The standard InChI is InChI=1S/C17H19ClN2O4/c1-11-7-13(5-6-14(11)18)23-9-16(22)24-8-15(21)20-17(2,10-19)12-3-4-12/h5-7,12H,3-4,8-9H2,1-2H3,(H,20,21)/t17-/m1/s1. The van der Waals surface area contributed by atoms with Crippen LogP contribution >= 0.6 is 11.6 Å². The molecule has 0 bridgehead atoms. The van der Waals surface area contributed by atoms with Crippen LogP contribution in [-0.4, -0.2) is 30.6 Å². The molecule has 1 saturated carbocycles. The molecule has 1 atom stereocenters. The van der Waals surface area contributed by atoms with Crippen LogP contribution in [0.3, 0.4) is 0 Å². The van der Waals surface area contributed by atoms with E-state index in [4.69, 9.17) is 21.1 Å². The van der Waals surface area contributed by atoms with Crippen LogP contribution in [0.25, 0.3) is 0 Å². The van der Waals surface area contributed by atoms with Gasteiger partial charge < -0.3 is 14.8 Å². The Hall–Kier alpha value is -2.26. The molecule has 0 heterocycles. The molecule has 0 radical (unpaired) electrons. The zero-order valence-electron chi connectivity index (χ0n) is 13.6. The Bertz CT molecular complexity index is 682. The molecular weight excluding hydrogens is 332 g/mol. The van der Waals surface area contributed by atoms with Gasteiger partial charge in [-0.05, 0) is 56.4 Å². The summed E-state index contributed by atoms with van der Waals surface area (Å²) < 4.78 is 10.1. The highest BCUT2D eigenvalue weighted by Crippen LogP contribution is 2.39. The minimum atomic E-state index is -0.902. The van der Waals surface area contributed by atoms with E-state index in [0.29, 0.717) is 10.8 Å². The van der Waals surface area contributed by atoms with Gasteiger partial charge in [0.15, 0.2) is 13.2 Å². The number of ether oxygens (including phenoxy) is 2. The van der Waals surface area contributed by atoms with Gasteiger partial charge in [-0.1, -0.05) is 11.6 Å². The number of halogens is 1. The van der Waals surface area contributed by atoms with Gasteiger partial charge in [0.1, 0.15) is 11.3 Å². The fourth-order valence-corrected chi connectivity index (χ4v) is 2.36. The summed E-state index contributed by atoms with van der Waals surface area (Å²) in [5, 5.41) is 12.4.